The van der Waals surface area contributed by atoms with Gasteiger partial charge >= 0.3 is 5.97 Å². The Bertz CT molecular complexity index is 713. The minimum absolute atomic E-state index is 0.0554. The standard InChI is InChI=1S/C15H13ClN2O4/c16-9-3-1-2-8(4-9)10-5-12(19)18(7-13(20)21)11-6-17-15(22)14(10)11/h1-4,10H,5-7H2,(H,17,22)(H,20,21). The maximum Gasteiger partial charge on any atom is 0.323 e. The van der Waals surface area contributed by atoms with Crippen LogP contribution in [0, 0.1) is 0 Å². The first-order valence-corrected chi connectivity index (χ1v) is 7.14. The number of carboxylic acids is 1. The van der Waals surface area contributed by atoms with E-state index in [9.17, 15) is 14.4 Å². The maximum absolute atomic E-state index is 12.3. The van der Waals surface area contributed by atoms with Crippen LogP contribution in [0.25, 0.3) is 0 Å². The van der Waals surface area contributed by atoms with E-state index in [-0.39, 0.29) is 24.8 Å². The van der Waals surface area contributed by atoms with E-state index in [1.165, 1.54) is 4.90 Å². The van der Waals surface area contributed by atoms with E-state index >= 15 is 0 Å². The summed E-state index contributed by atoms with van der Waals surface area (Å²) in [6.07, 6.45) is 0.0554. The molecule has 0 radical (unpaired) electrons. The van der Waals surface area contributed by atoms with Crippen LogP contribution < -0.4 is 5.32 Å². The molecule has 22 heavy (non-hydrogen) atoms. The topological polar surface area (TPSA) is 86.7 Å². The highest BCUT2D eigenvalue weighted by Crippen LogP contribution is 2.38. The molecule has 0 spiro atoms. The monoisotopic (exact) mass is 320 g/mol. The average Bonchev–Trinajstić information content (AvgIpc) is 2.83. The average molecular weight is 321 g/mol. The Morgan fingerprint density at radius 1 is 1.41 bits per heavy atom. The highest BCUT2D eigenvalue weighted by atomic mass is 35.5. The Hall–Kier alpha value is -2.34. The van der Waals surface area contributed by atoms with Crippen molar-refractivity contribution in [3.05, 3.63) is 46.1 Å². The Morgan fingerprint density at radius 3 is 2.86 bits per heavy atom. The highest BCUT2D eigenvalue weighted by Gasteiger charge is 2.41. The van der Waals surface area contributed by atoms with Crippen molar-refractivity contribution in [1.82, 2.24) is 10.2 Å². The molecular formula is C15H13ClN2O4. The van der Waals surface area contributed by atoms with Gasteiger partial charge in [0, 0.05) is 28.6 Å². The van der Waals surface area contributed by atoms with Gasteiger partial charge in [0.15, 0.2) is 0 Å². The number of halogens is 1. The molecule has 1 atom stereocenters. The second-order valence-corrected chi connectivity index (χ2v) is 5.66. The van der Waals surface area contributed by atoms with Gasteiger partial charge in [-0.25, -0.2) is 0 Å². The van der Waals surface area contributed by atoms with Crippen LogP contribution in [0.2, 0.25) is 5.02 Å². The van der Waals surface area contributed by atoms with Crippen LogP contribution in [0.3, 0.4) is 0 Å². The first kappa shape index (κ1) is 14.6. The van der Waals surface area contributed by atoms with E-state index in [1.807, 2.05) is 6.07 Å². The fraction of sp³-hybridized carbons (Fsp3) is 0.267. The van der Waals surface area contributed by atoms with Crippen LogP contribution in [-0.4, -0.2) is 40.9 Å². The number of benzene rings is 1. The van der Waals surface area contributed by atoms with Crippen LogP contribution in [0.1, 0.15) is 17.9 Å². The van der Waals surface area contributed by atoms with Crippen molar-refractivity contribution in [3.8, 4) is 0 Å². The van der Waals surface area contributed by atoms with Crippen molar-refractivity contribution in [1.29, 1.82) is 0 Å². The molecule has 0 saturated carbocycles. The Kier molecular flexibility index (Phi) is 3.62. The number of hydrogen-bond donors (Lipinski definition) is 2. The summed E-state index contributed by atoms with van der Waals surface area (Å²) in [4.78, 5) is 36.5. The Morgan fingerprint density at radius 2 is 2.18 bits per heavy atom. The van der Waals surface area contributed by atoms with Crippen LogP contribution >= 0.6 is 11.6 Å². The molecule has 0 aromatic heterocycles. The lowest BCUT2D eigenvalue weighted by Gasteiger charge is -2.31. The predicted octanol–water partition coefficient (Wildman–Crippen LogP) is 1.12. The van der Waals surface area contributed by atoms with Gasteiger partial charge in [-0.05, 0) is 17.7 Å². The number of nitrogens with one attached hydrogen (secondary N) is 1. The molecule has 1 aromatic rings. The van der Waals surface area contributed by atoms with Gasteiger partial charge < -0.3 is 15.3 Å². The molecule has 0 aliphatic carbocycles. The third-order valence-corrected chi connectivity index (χ3v) is 4.11. The number of amides is 2. The number of carbonyl (C=O) groups is 3. The number of carboxylic acid groups (broad SMARTS) is 1. The van der Waals surface area contributed by atoms with Gasteiger partial charge in [-0.3, -0.25) is 14.4 Å². The quantitative estimate of drug-likeness (QED) is 0.874. The number of hydrogen-bond acceptors (Lipinski definition) is 3. The molecule has 1 unspecified atom stereocenters. The van der Waals surface area contributed by atoms with E-state index in [0.717, 1.165) is 5.56 Å². The van der Waals surface area contributed by atoms with Crippen molar-refractivity contribution in [2.45, 2.75) is 12.3 Å². The summed E-state index contributed by atoms with van der Waals surface area (Å²) in [5.74, 6) is -2.07. The molecule has 2 aliphatic heterocycles. The summed E-state index contributed by atoms with van der Waals surface area (Å²) in [6.45, 7) is -0.265. The summed E-state index contributed by atoms with van der Waals surface area (Å²) in [6, 6.07) is 7.02. The molecule has 6 nitrogen and oxygen atoms in total. The zero-order valence-electron chi connectivity index (χ0n) is 11.5. The minimum Gasteiger partial charge on any atom is -0.480 e. The lowest BCUT2D eigenvalue weighted by atomic mass is 9.84. The van der Waals surface area contributed by atoms with E-state index < -0.39 is 18.4 Å². The van der Waals surface area contributed by atoms with E-state index in [0.29, 0.717) is 16.3 Å². The smallest absolute Gasteiger partial charge is 0.323 e. The third-order valence-electron chi connectivity index (χ3n) is 3.87. The minimum atomic E-state index is -1.11. The first-order chi connectivity index (χ1) is 10.5. The molecule has 114 valence electrons. The lowest BCUT2D eigenvalue weighted by Crippen LogP contribution is -2.40. The first-order valence-electron chi connectivity index (χ1n) is 6.76. The van der Waals surface area contributed by atoms with Crippen molar-refractivity contribution >= 4 is 29.4 Å². The van der Waals surface area contributed by atoms with Gasteiger partial charge in [-0.2, -0.15) is 0 Å². The molecule has 0 bridgehead atoms. The van der Waals surface area contributed by atoms with Crippen LogP contribution in [-0.2, 0) is 14.4 Å². The normalized spacial score (nSPS) is 21.0. The molecule has 2 N–H and O–H groups in total. The third kappa shape index (κ3) is 2.46. The SMILES string of the molecule is O=C(O)CN1C(=O)CC(c2cccc(Cl)c2)C2=C1CNC2=O. The Labute approximate surface area is 131 Å². The fourth-order valence-corrected chi connectivity index (χ4v) is 3.15. The van der Waals surface area contributed by atoms with Gasteiger partial charge in [-0.15, -0.1) is 0 Å². The van der Waals surface area contributed by atoms with Crippen molar-refractivity contribution in [3.63, 3.8) is 0 Å². The van der Waals surface area contributed by atoms with Gasteiger partial charge in [0.2, 0.25) is 11.8 Å². The molecular weight excluding hydrogens is 308 g/mol. The van der Waals surface area contributed by atoms with Crippen LogP contribution in [0.15, 0.2) is 35.5 Å². The van der Waals surface area contributed by atoms with Gasteiger partial charge in [0.1, 0.15) is 6.54 Å². The number of nitrogens with zero attached hydrogens (tertiary/aromatic N) is 1. The molecule has 1 aromatic carbocycles. The molecule has 2 aliphatic rings. The maximum atomic E-state index is 12.3. The summed E-state index contributed by atoms with van der Waals surface area (Å²) in [5.41, 5.74) is 1.69. The van der Waals surface area contributed by atoms with Crippen molar-refractivity contribution in [2.24, 2.45) is 0 Å². The fourth-order valence-electron chi connectivity index (χ4n) is 2.95. The molecule has 2 heterocycles. The second kappa shape index (κ2) is 5.46. The van der Waals surface area contributed by atoms with Crippen molar-refractivity contribution in [2.75, 3.05) is 13.1 Å². The molecule has 0 fully saturated rings. The zero-order valence-corrected chi connectivity index (χ0v) is 12.3. The summed E-state index contributed by atoms with van der Waals surface area (Å²) < 4.78 is 0. The van der Waals surface area contributed by atoms with E-state index in [4.69, 9.17) is 16.7 Å². The predicted molar refractivity (Wildman–Crippen MR) is 78.2 cm³/mol. The highest BCUT2D eigenvalue weighted by molar-refractivity contribution is 6.30. The molecule has 0 saturated heterocycles. The number of aliphatic carboxylic acids is 1. The van der Waals surface area contributed by atoms with Crippen molar-refractivity contribution < 1.29 is 19.5 Å². The largest absolute Gasteiger partial charge is 0.480 e. The van der Waals surface area contributed by atoms with Gasteiger partial charge in [0.25, 0.3) is 0 Å². The zero-order chi connectivity index (χ0) is 15.9. The van der Waals surface area contributed by atoms with E-state index in [1.54, 1.807) is 18.2 Å². The van der Waals surface area contributed by atoms with Crippen LogP contribution in [0.4, 0.5) is 0 Å². The number of rotatable bonds is 3. The summed E-state index contributed by atoms with van der Waals surface area (Å²) in [5, 5.41) is 12.1. The van der Waals surface area contributed by atoms with E-state index in [2.05, 4.69) is 5.32 Å². The summed E-state index contributed by atoms with van der Waals surface area (Å²) in [7, 11) is 0. The van der Waals surface area contributed by atoms with Gasteiger partial charge in [-0.1, -0.05) is 23.7 Å². The van der Waals surface area contributed by atoms with Crippen LogP contribution in [0.5, 0.6) is 0 Å². The number of carbonyl (C=O) groups excluding carboxylic acids is 2. The lowest BCUT2D eigenvalue weighted by molar-refractivity contribution is -0.143. The molecule has 3 rings (SSSR count). The summed E-state index contributed by atoms with van der Waals surface area (Å²) >= 11 is 5.99. The Balaban J connectivity index is 2.06. The van der Waals surface area contributed by atoms with Gasteiger partial charge in [0.05, 0.1) is 6.54 Å². The molecule has 2 amide bonds. The molecule has 7 heteroatoms. The second-order valence-electron chi connectivity index (χ2n) is 5.23.